The van der Waals surface area contributed by atoms with Crippen LogP contribution in [0.1, 0.15) is 78.6 Å². The Morgan fingerprint density at radius 3 is 2.31 bits per heavy atom. The van der Waals surface area contributed by atoms with E-state index in [4.69, 9.17) is 14.1 Å². The molecule has 7 atom stereocenters. The smallest absolute Gasteiger partial charge is 0.185 e. The second-order valence-corrected chi connectivity index (χ2v) is 17.0. The molecule has 0 N–H and O–H groups in total. The Bertz CT molecular complexity index is 778. The van der Waals surface area contributed by atoms with Crippen LogP contribution in [-0.4, -0.2) is 39.6 Å². The second kappa shape index (κ2) is 8.40. The molecule has 0 amide bonds. The van der Waals surface area contributed by atoms with Crippen LogP contribution in [-0.2, 0) is 14.1 Å². The molecule has 4 aliphatic rings. The van der Waals surface area contributed by atoms with E-state index in [9.17, 15) is 0 Å². The minimum absolute atomic E-state index is 0.140. The Morgan fingerprint density at radius 1 is 0.938 bits per heavy atom. The van der Waals surface area contributed by atoms with Crippen LogP contribution in [0, 0.1) is 34.5 Å². The summed E-state index contributed by atoms with van der Waals surface area (Å²) in [4.78, 5) is 10.4. The maximum Gasteiger partial charge on any atom is 0.185 e. The summed E-state index contributed by atoms with van der Waals surface area (Å²) in [7, 11) is 1.58. The molecule has 0 aromatic rings. The highest BCUT2D eigenvalue weighted by Gasteiger charge is 2.67. The van der Waals surface area contributed by atoms with Gasteiger partial charge in [0.25, 0.3) is 0 Å². The highest BCUT2D eigenvalue weighted by Crippen LogP contribution is 2.69. The van der Waals surface area contributed by atoms with E-state index >= 15 is 0 Å². The van der Waals surface area contributed by atoms with Gasteiger partial charge < -0.3 is 14.1 Å². The summed E-state index contributed by atoms with van der Waals surface area (Å²) < 4.78 is 7.12. The van der Waals surface area contributed by atoms with Crippen molar-refractivity contribution in [1.82, 2.24) is 0 Å². The minimum atomic E-state index is -1.77. The molecule has 182 valence electrons. The summed E-state index contributed by atoms with van der Waals surface area (Å²) in [6.07, 6.45) is 11.1. The lowest BCUT2D eigenvalue weighted by atomic mass is 9.44. The SMILES string of the molecule is CO/N=C1/CC[C@@]2(C)C(CC[C@@H]3[C@@H]2CC[C@@]2(C)[C@H]3CC[C@]2(O[Si](C)(C)C)/C(C)=N/OC)C1. The number of hydrogen-bond donors (Lipinski definition) is 0. The lowest BCUT2D eigenvalue weighted by Gasteiger charge is -2.62. The highest BCUT2D eigenvalue weighted by molar-refractivity contribution is 6.70. The van der Waals surface area contributed by atoms with Gasteiger partial charge in [-0.15, -0.1) is 0 Å². The molecule has 0 aromatic carbocycles. The lowest BCUT2D eigenvalue weighted by molar-refractivity contribution is -0.122. The van der Waals surface area contributed by atoms with Crippen molar-refractivity contribution in [3.8, 4) is 0 Å². The molecule has 0 aromatic heterocycles. The van der Waals surface area contributed by atoms with Gasteiger partial charge in [-0.05, 0) is 113 Å². The molecular formula is C26H46N2O3Si. The van der Waals surface area contributed by atoms with Gasteiger partial charge in [0.05, 0.1) is 11.4 Å². The van der Waals surface area contributed by atoms with E-state index in [1.807, 2.05) is 0 Å². The quantitative estimate of drug-likeness (QED) is 0.261. The molecule has 0 bridgehead atoms. The molecule has 5 nitrogen and oxygen atoms in total. The average Bonchev–Trinajstić information content (AvgIpc) is 3.00. The number of nitrogens with zero attached hydrogens (tertiary/aromatic N) is 2. The highest BCUT2D eigenvalue weighted by atomic mass is 28.4. The van der Waals surface area contributed by atoms with E-state index in [0.717, 1.165) is 42.7 Å². The molecule has 4 fully saturated rings. The number of hydrogen-bond acceptors (Lipinski definition) is 5. The average molecular weight is 463 g/mol. The molecule has 0 radical (unpaired) electrons. The maximum atomic E-state index is 7.12. The van der Waals surface area contributed by atoms with Gasteiger partial charge in [-0.1, -0.05) is 24.2 Å². The van der Waals surface area contributed by atoms with E-state index in [2.05, 4.69) is 50.7 Å². The van der Waals surface area contributed by atoms with E-state index in [0.29, 0.717) is 11.3 Å². The van der Waals surface area contributed by atoms with Crippen molar-refractivity contribution in [2.45, 2.75) is 104 Å². The largest absolute Gasteiger partial charge is 0.406 e. The third kappa shape index (κ3) is 3.68. The zero-order chi connectivity index (χ0) is 23.4. The molecule has 0 heterocycles. The fraction of sp³-hybridized carbons (Fsp3) is 0.923. The van der Waals surface area contributed by atoms with Crippen LogP contribution in [0.4, 0.5) is 0 Å². The molecular weight excluding hydrogens is 416 g/mol. The fourth-order valence-corrected chi connectivity index (χ4v) is 10.4. The zero-order valence-electron chi connectivity index (χ0n) is 21.8. The summed E-state index contributed by atoms with van der Waals surface area (Å²) in [5, 5.41) is 8.84. The number of fused-ring (bicyclic) bond motifs is 5. The van der Waals surface area contributed by atoms with Crippen LogP contribution >= 0.6 is 0 Å². The van der Waals surface area contributed by atoms with E-state index in [1.54, 1.807) is 14.2 Å². The first-order valence-electron chi connectivity index (χ1n) is 12.9. The molecule has 0 saturated heterocycles. The Labute approximate surface area is 196 Å². The predicted octanol–water partition coefficient (Wildman–Crippen LogP) is 6.64. The predicted molar refractivity (Wildman–Crippen MR) is 133 cm³/mol. The Balaban J connectivity index is 1.65. The normalized spacial score (nSPS) is 45.8. The van der Waals surface area contributed by atoms with Crippen molar-refractivity contribution in [3.63, 3.8) is 0 Å². The Kier molecular flexibility index (Phi) is 6.37. The molecule has 1 unspecified atom stereocenters. The monoisotopic (exact) mass is 462 g/mol. The zero-order valence-corrected chi connectivity index (χ0v) is 22.8. The first kappa shape index (κ1) is 24.2. The molecule has 4 rings (SSSR count). The van der Waals surface area contributed by atoms with Crippen molar-refractivity contribution >= 4 is 19.7 Å². The topological polar surface area (TPSA) is 52.4 Å². The Morgan fingerprint density at radius 2 is 1.66 bits per heavy atom. The van der Waals surface area contributed by atoms with Gasteiger partial charge in [0.1, 0.15) is 19.8 Å². The molecule has 4 saturated carbocycles. The van der Waals surface area contributed by atoms with E-state index < -0.39 is 8.32 Å². The van der Waals surface area contributed by atoms with Crippen LogP contribution in [0.2, 0.25) is 19.6 Å². The van der Waals surface area contributed by atoms with Crippen LogP contribution in [0.3, 0.4) is 0 Å². The summed E-state index contributed by atoms with van der Waals surface area (Å²) in [6.45, 7) is 14.3. The first-order chi connectivity index (χ1) is 15.0. The molecule has 0 aliphatic heterocycles. The van der Waals surface area contributed by atoms with Crippen LogP contribution in [0.15, 0.2) is 10.3 Å². The van der Waals surface area contributed by atoms with Crippen molar-refractivity contribution in [2.75, 3.05) is 14.2 Å². The summed E-state index contributed by atoms with van der Waals surface area (Å²) >= 11 is 0. The standard InChI is InChI=1S/C26H46N2O3Si/c1-18(27-29-4)26(31-32(6,7)8)16-13-23-21-10-9-19-17-20(28-30-5)11-14-24(19,2)22(21)12-15-25(23,26)3/h19,21-23H,9-17H2,1-8H3/b27-18+,28-20-/t19?,21-,22+,23+,24+,25+,26+/m1/s1. The van der Waals surface area contributed by atoms with Crippen LogP contribution < -0.4 is 0 Å². The van der Waals surface area contributed by atoms with Crippen LogP contribution in [0.25, 0.3) is 0 Å². The first-order valence-corrected chi connectivity index (χ1v) is 16.3. The van der Waals surface area contributed by atoms with Gasteiger partial charge in [-0.3, -0.25) is 0 Å². The maximum absolute atomic E-state index is 7.12. The summed E-state index contributed by atoms with van der Waals surface area (Å²) in [5.41, 5.74) is 2.65. The molecule has 4 aliphatic carbocycles. The van der Waals surface area contributed by atoms with Gasteiger partial charge >= 0.3 is 0 Å². The summed E-state index contributed by atoms with van der Waals surface area (Å²) in [5.74, 6) is 3.10. The van der Waals surface area contributed by atoms with E-state index in [1.165, 1.54) is 44.2 Å². The summed E-state index contributed by atoms with van der Waals surface area (Å²) in [6, 6.07) is 0. The fourth-order valence-electron chi connectivity index (χ4n) is 8.84. The van der Waals surface area contributed by atoms with Crippen molar-refractivity contribution in [1.29, 1.82) is 0 Å². The van der Waals surface area contributed by atoms with Gasteiger partial charge in [0.15, 0.2) is 8.32 Å². The number of rotatable bonds is 5. The second-order valence-electron chi connectivity index (χ2n) is 12.6. The van der Waals surface area contributed by atoms with Crippen molar-refractivity contribution in [2.24, 2.45) is 44.8 Å². The van der Waals surface area contributed by atoms with Crippen molar-refractivity contribution < 1.29 is 14.1 Å². The molecule has 32 heavy (non-hydrogen) atoms. The molecule has 6 heteroatoms. The van der Waals surface area contributed by atoms with E-state index in [-0.39, 0.29) is 11.0 Å². The van der Waals surface area contributed by atoms with Gasteiger partial charge in [0.2, 0.25) is 0 Å². The third-order valence-electron chi connectivity index (χ3n) is 10.1. The minimum Gasteiger partial charge on any atom is -0.406 e. The lowest BCUT2D eigenvalue weighted by Crippen LogP contribution is -2.61. The van der Waals surface area contributed by atoms with Crippen LogP contribution in [0.5, 0.6) is 0 Å². The van der Waals surface area contributed by atoms with Gasteiger partial charge in [0, 0.05) is 5.41 Å². The van der Waals surface area contributed by atoms with Gasteiger partial charge in [-0.2, -0.15) is 0 Å². The Hall–Kier alpha value is -0.883. The number of oxime groups is 2. The third-order valence-corrected chi connectivity index (χ3v) is 11.1. The van der Waals surface area contributed by atoms with Crippen molar-refractivity contribution in [3.05, 3.63) is 0 Å². The van der Waals surface area contributed by atoms with Gasteiger partial charge in [-0.25, -0.2) is 0 Å². The molecule has 0 spiro atoms.